The van der Waals surface area contributed by atoms with Gasteiger partial charge in [-0.1, -0.05) is 46.3 Å². The topological polar surface area (TPSA) is 26.0 Å². The normalized spacial score (nSPS) is 12.8. The van der Waals surface area contributed by atoms with Crippen molar-refractivity contribution in [3.05, 3.63) is 69.0 Å². The molecule has 0 bridgehead atoms. The molecular formula is C16H14BrNS. The first-order chi connectivity index (χ1) is 9.16. The zero-order valence-corrected chi connectivity index (χ0v) is 13.0. The Balaban J connectivity index is 2.08. The Morgan fingerprint density at radius 1 is 1.16 bits per heavy atom. The van der Waals surface area contributed by atoms with E-state index < -0.39 is 0 Å². The molecule has 19 heavy (non-hydrogen) atoms. The van der Waals surface area contributed by atoms with E-state index in [-0.39, 0.29) is 6.04 Å². The molecule has 96 valence electrons. The molecule has 2 N–H and O–H groups in total. The lowest BCUT2D eigenvalue weighted by atomic mass is 9.98. The van der Waals surface area contributed by atoms with E-state index in [0.29, 0.717) is 0 Å². The van der Waals surface area contributed by atoms with Crippen LogP contribution < -0.4 is 5.73 Å². The van der Waals surface area contributed by atoms with Crippen LogP contribution in [0.15, 0.2) is 52.3 Å². The summed E-state index contributed by atoms with van der Waals surface area (Å²) < 4.78 is 2.40. The lowest BCUT2D eigenvalue weighted by Gasteiger charge is -2.13. The molecule has 0 saturated carbocycles. The van der Waals surface area contributed by atoms with Crippen LogP contribution in [0, 0.1) is 6.92 Å². The fourth-order valence-corrected chi connectivity index (χ4v) is 3.62. The molecule has 0 aliphatic carbocycles. The second-order valence-electron chi connectivity index (χ2n) is 4.67. The van der Waals surface area contributed by atoms with Gasteiger partial charge >= 0.3 is 0 Å². The Bertz CT molecular complexity index is 732. The maximum atomic E-state index is 6.43. The van der Waals surface area contributed by atoms with E-state index in [0.717, 1.165) is 10.0 Å². The molecule has 3 heteroatoms. The number of halogens is 1. The van der Waals surface area contributed by atoms with Gasteiger partial charge in [0, 0.05) is 9.17 Å². The number of hydrogen-bond acceptors (Lipinski definition) is 2. The van der Waals surface area contributed by atoms with Crippen molar-refractivity contribution in [3.8, 4) is 0 Å². The van der Waals surface area contributed by atoms with E-state index in [1.807, 2.05) is 0 Å². The summed E-state index contributed by atoms with van der Waals surface area (Å²) >= 11 is 5.33. The molecule has 3 rings (SSSR count). The van der Waals surface area contributed by atoms with Crippen LogP contribution in [0.5, 0.6) is 0 Å². The standard InChI is InChI=1S/C16H14BrNS/c1-10-6-7-11(8-14(10)17)16(18)13-9-19-15-5-3-2-4-12(13)15/h2-9,16H,18H2,1H3. The van der Waals surface area contributed by atoms with Crippen molar-refractivity contribution in [2.45, 2.75) is 13.0 Å². The van der Waals surface area contributed by atoms with Gasteiger partial charge < -0.3 is 5.73 Å². The lowest BCUT2D eigenvalue weighted by Crippen LogP contribution is -2.11. The van der Waals surface area contributed by atoms with Crippen LogP contribution in [-0.4, -0.2) is 0 Å². The van der Waals surface area contributed by atoms with Gasteiger partial charge in [-0.05, 0) is 46.5 Å². The molecule has 2 aromatic carbocycles. The average Bonchev–Trinajstić information content (AvgIpc) is 2.85. The summed E-state index contributed by atoms with van der Waals surface area (Å²) in [6, 6.07) is 14.7. The zero-order chi connectivity index (χ0) is 13.4. The van der Waals surface area contributed by atoms with Gasteiger partial charge in [0.25, 0.3) is 0 Å². The second kappa shape index (κ2) is 5.08. The van der Waals surface area contributed by atoms with E-state index in [1.165, 1.54) is 21.2 Å². The van der Waals surface area contributed by atoms with Crippen molar-refractivity contribution in [1.29, 1.82) is 0 Å². The third-order valence-corrected chi connectivity index (χ3v) is 5.24. The van der Waals surface area contributed by atoms with Crippen molar-refractivity contribution in [2.24, 2.45) is 5.73 Å². The van der Waals surface area contributed by atoms with Crippen LogP contribution in [0.25, 0.3) is 10.1 Å². The molecule has 0 spiro atoms. The molecule has 0 aliphatic rings. The number of nitrogens with two attached hydrogens (primary N) is 1. The van der Waals surface area contributed by atoms with E-state index in [4.69, 9.17) is 5.73 Å². The summed E-state index contributed by atoms with van der Waals surface area (Å²) in [5.41, 5.74) is 10.0. The molecule has 3 aromatic rings. The summed E-state index contributed by atoms with van der Waals surface area (Å²) in [5, 5.41) is 3.43. The molecule has 1 heterocycles. The van der Waals surface area contributed by atoms with Crippen LogP contribution in [-0.2, 0) is 0 Å². The van der Waals surface area contributed by atoms with Crippen molar-refractivity contribution in [2.75, 3.05) is 0 Å². The molecule has 1 nitrogen and oxygen atoms in total. The average molecular weight is 332 g/mol. The summed E-state index contributed by atoms with van der Waals surface area (Å²) in [4.78, 5) is 0. The number of rotatable bonds is 2. The predicted octanol–water partition coefficient (Wildman–Crippen LogP) is 5.02. The van der Waals surface area contributed by atoms with Gasteiger partial charge in [-0.25, -0.2) is 0 Å². The molecule has 0 aliphatic heterocycles. The minimum absolute atomic E-state index is 0.0759. The minimum atomic E-state index is -0.0759. The van der Waals surface area contributed by atoms with Gasteiger partial charge in [-0.2, -0.15) is 0 Å². The summed E-state index contributed by atoms with van der Waals surface area (Å²) in [7, 11) is 0. The molecule has 0 amide bonds. The lowest BCUT2D eigenvalue weighted by molar-refractivity contribution is 0.883. The Labute approximate surface area is 125 Å². The number of thiophene rings is 1. The smallest absolute Gasteiger partial charge is 0.0566 e. The molecule has 1 aromatic heterocycles. The molecule has 0 fully saturated rings. The molecule has 0 radical (unpaired) electrons. The fourth-order valence-electron chi connectivity index (χ4n) is 2.22. The van der Waals surface area contributed by atoms with Crippen LogP contribution >= 0.6 is 27.3 Å². The van der Waals surface area contributed by atoms with Gasteiger partial charge in [0.1, 0.15) is 0 Å². The van der Waals surface area contributed by atoms with E-state index in [2.05, 4.69) is 70.7 Å². The first-order valence-corrected chi connectivity index (χ1v) is 7.82. The first-order valence-electron chi connectivity index (χ1n) is 6.14. The molecule has 0 saturated heterocycles. The van der Waals surface area contributed by atoms with Gasteiger partial charge in [0.05, 0.1) is 6.04 Å². The highest BCUT2D eigenvalue weighted by atomic mass is 79.9. The van der Waals surface area contributed by atoms with Crippen LogP contribution in [0.2, 0.25) is 0 Å². The summed E-state index contributed by atoms with van der Waals surface area (Å²) in [5.74, 6) is 0. The monoisotopic (exact) mass is 331 g/mol. The molecular weight excluding hydrogens is 318 g/mol. The highest BCUT2D eigenvalue weighted by Gasteiger charge is 2.14. The largest absolute Gasteiger partial charge is 0.320 e. The Morgan fingerprint density at radius 3 is 2.74 bits per heavy atom. The van der Waals surface area contributed by atoms with E-state index in [9.17, 15) is 0 Å². The minimum Gasteiger partial charge on any atom is -0.320 e. The molecule has 1 unspecified atom stereocenters. The van der Waals surface area contributed by atoms with Crippen LogP contribution in [0.3, 0.4) is 0 Å². The number of benzene rings is 2. The van der Waals surface area contributed by atoms with Gasteiger partial charge in [-0.3, -0.25) is 0 Å². The number of hydrogen-bond donors (Lipinski definition) is 1. The fraction of sp³-hybridized carbons (Fsp3) is 0.125. The maximum absolute atomic E-state index is 6.43. The van der Waals surface area contributed by atoms with E-state index >= 15 is 0 Å². The van der Waals surface area contributed by atoms with Gasteiger partial charge in [-0.15, -0.1) is 11.3 Å². The van der Waals surface area contributed by atoms with Crippen molar-refractivity contribution in [1.82, 2.24) is 0 Å². The first kappa shape index (κ1) is 12.9. The second-order valence-corrected chi connectivity index (χ2v) is 6.44. The Kier molecular flexibility index (Phi) is 3.44. The van der Waals surface area contributed by atoms with Crippen LogP contribution in [0.4, 0.5) is 0 Å². The molecule has 1 atom stereocenters. The van der Waals surface area contributed by atoms with Gasteiger partial charge in [0.2, 0.25) is 0 Å². The predicted molar refractivity (Wildman–Crippen MR) is 86.7 cm³/mol. The van der Waals surface area contributed by atoms with Crippen LogP contribution in [0.1, 0.15) is 22.7 Å². The SMILES string of the molecule is Cc1ccc(C(N)c2csc3ccccc23)cc1Br. The van der Waals surface area contributed by atoms with Gasteiger partial charge in [0.15, 0.2) is 0 Å². The Hall–Kier alpha value is -1.16. The number of aryl methyl sites for hydroxylation is 1. The number of fused-ring (bicyclic) bond motifs is 1. The van der Waals surface area contributed by atoms with E-state index in [1.54, 1.807) is 11.3 Å². The van der Waals surface area contributed by atoms with Crippen molar-refractivity contribution in [3.63, 3.8) is 0 Å². The summed E-state index contributed by atoms with van der Waals surface area (Å²) in [6.07, 6.45) is 0. The van der Waals surface area contributed by atoms with Crippen molar-refractivity contribution < 1.29 is 0 Å². The third-order valence-electron chi connectivity index (χ3n) is 3.40. The maximum Gasteiger partial charge on any atom is 0.0566 e. The quantitative estimate of drug-likeness (QED) is 0.700. The summed E-state index contributed by atoms with van der Waals surface area (Å²) in [6.45, 7) is 2.08. The zero-order valence-electron chi connectivity index (χ0n) is 10.6. The van der Waals surface area contributed by atoms with Crippen molar-refractivity contribution >= 4 is 37.4 Å². The highest BCUT2D eigenvalue weighted by Crippen LogP contribution is 2.33. The third kappa shape index (κ3) is 2.34. The highest BCUT2D eigenvalue weighted by molar-refractivity contribution is 9.10. The Morgan fingerprint density at radius 2 is 1.95 bits per heavy atom.